The Morgan fingerprint density at radius 1 is 0.941 bits per heavy atom. The second-order valence-corrected chi connectivity index (χ2v) is 8.12. The number of carboxylic acids is 1. The van der Waals surface area contributed by atoms with Crippen molar-refractivity contribution in [3.05, 3.63) is 83.4 Å². The lowest BCUT2D eigenvalue weighted by atomic mass is 9.98. The maximum Gasteiger partial charge on any atom is 0.407 e. The number of fused-ring (bicyclic) bond motifs is 3. The molecule has 0 aromatic heterocycles. The third kappa shape index (κ3) is 4.83. The number of carbonyl (C=O) groups excluding carboxylic acids is 1. The highest BCUT2D eigenvalue weighted by molar-refractivity contribution is 5.79. The van der Waals surface area contributed by atoms with Gasteiger partial charge in [-0.15, -0.1) is 0 Å². The fraction of sp³-hybridized carbons (Fsp3) is 0.259. The van der Waals surface area contributed by atoms with Gasteiger partial charge in [0.1, 0.15) is 18.1 Å². The van der Waals surface area contributed by atoms with E-state index in [0.717, 1.165) is 22.3 Å². The summed E-state index contributed by atoms with van der Waals surface area (Å²) in [4.78, 5) is 24.3. The van der Waals surface area contributed by atoms with Crippen LogP contribution in [-0.4, -0.2) is 44.5 Å². The van der Waals surface area contributed by atoms with Crippen molar-refractivity contribution in [2.75, 3.05) is 27.4 Å². The molecule has 3 aromatic carbocycles. The Bertz CT molecular complexity index is 1150. The number of amides is 1. The van der Waals surface area contributed by atoms with Gasteiger partial charge >= 0.3 is 12.1 Å². The molecule has 0 saturated heterocycles. The monoisotopic (exact) mass is 461 g/mol. The molecule has 2 N–H and O–H groups in total. The van der Waals surface area contributed by atoms with Crippen molar-refractivity contribution in [1.29, 1.82) is 0 Å². The predicted molar refractivity (Wildman–Crippen MR) is 127 cm³/mol. The first-order chi connectivity index (χ1) is 16.5. The number of methoxy groups -OCH3 is 2. The summed E-state index contributed by atoms with van der Waals surface area (Å²) in [6, 6.07) is 21.4. The van der Waals surface area contributed by atoms with Crippen LogP contribution in [0.3, 0.4) is 0 Å². The van der Waals surface area contributed by atoms with E-state index in [-0.39, 0.29) is 25.5 Å². The molecule has 4 rings (SSSR count). The summed E-state index contributed by atoms with van der Waals surface area (Å²) in [7, 11) is 3.06. The summed E-state index contributed by atoms with van der Waals surface area (Å²) in [5.41, 5.74) is 5.20. The molecule has 1 atom stereocenters. The van der Waals surface area contributed by atoms with E-state index in [1.165, 1.54) is 7.11 Å². The van der Waals surface area contributed by atoms with Gasteiger partial charge in [-0.1, -0.05) is 48.5 Å². The molecule has 3 aromatic rings. The summed E-state index contributed by atoms with van der Waals surface area (Å²) < 4.78 is 16.1. The summed E-state index contributed by atoms with van der Waals surface area (Å²) in [5, 5.41) is 12.3. The average molecular weight is 462 g/mol. The van der Waals surface area contributed by atoms with Crippen LogP contribution in [0.5, 0.6) is 11.5 Å². The minimum atomic E-state index is -1.02. The quantitative estimate of drug-likeness (QED) is 0.488. The second-order valence-electron chi connectivity index (χ2n) is 8.12. The highest BCUT2D eigenvalue weighted by atomic mass is 16.5. The number of ether oxygens (including phenoxy) is 3. The highest BCUT2D eigenvalue weighted by Crippen LogP contribution is 2.44. The van der Waals surface area contributed by atoms with Crippen LogP contribution >= 0.6 is 0 Å². The Labute approximate surface area is 198 Å². The lowest BCUT2D eigenvalue weighted by molar-refractivity contribution is -0.141. The molecule has 7 nitrogen and oxygen atoms in total. The summed E-state index contributed by atoms with van der Waals surface area (Å²) in [6.45, 7) is 0.0909. The minimum absolute atomic E-state index is 0.0607. The van der Waals surface area contributed by atoms with Gasteiger partial charge in [0.25, 0.3) is 0 Å². The van der Waals surface area contributed by atoms with Crippen molar-refractivity contribution in [2.45, 2.75) is 12.3 Å². The van der Waals surface area contributed by atoms with Crippen LogP contribution in [0, 0.1) is 5.92 Å². The van der Waals surface area contributed by atoms with Crippen LogP contribution in [0.25, 0.3) is 11.1 Å². The van der Waals surface area contributed by atoms with Crippen molar-refractivity contribution >= 4 is 12.1 Å². The Kier molecular flexibility index (Phi) is 7.01. The summed E-state index contributed by atoms with van der Waals surface area (Å²) in [5.74, 6) is -0.780. The Morgan fingerprint density at radius 2 is 1.59 bits per heavy atom. The molecule has 0 heterocycles. The summed E-state index contributed by atoms with van der Waals surface area (Å²) in [6.07, 6.45) is -0.481. The Balaban J connectivity index is 1.38. The Morgan fingerprint density at radius 3 is 2.18 bits per heavy atom. The van der Waals surface area contributed by atoms with Crippen molar-refractivity contribution in [3.8, 4) is 22.6 Å². The van der Waals surface area contributed by atoms with Gasteiger partial charge in [0.15, 0.2) is 0 Å². The zero-order valence-corrected chi connectivity index (χ0v) is 19.1. The maximum atomic E-state index is 12.5. The van der Waals surface area contributed by atoms with Crippen molar-refractivity contribution in [3.63, 3.8) is 0 Å². The van der Waals surface area contributed by atoms with Crippen LogP contribution in [0.1, 0.15) is 22.6 Å². The molecule has 1 unspecified atom stereocenters. The zero-order valence-electron chi connectivity index (χ0n) is 19.1. The van der Waals surface area contributed by atoms with Crippen LogP contribution < -0.4 is 14.8 Å². The normalized spacial score (nSPS) is 12.9. The molecule has 0 radical (unpaired) electrons. The topological polar surface area (TPSA) is 94.1 Å². The molecule has 0 bridgehead atoms. The fourth-order valence-corrected chi connectivity index (χ4v) is 4.41. The van der Waals surface area contributed by atoms with E-state index in [1.807, 2.05) is 36.4 Å². The molecule has 0 spiro atoms. The lowest BCUT2D eigenvalue weighted by Gasteiger charge is -2.17. The van der Waals surface area contributed by atoms with E-state index in [1.54, 1.807) is 25.3 Å². The van der Waals surface area contributed by atoms with Gasteiger partial charge in [0, 0.05) is 12.5 Å². The van der Waals surface area contributed by atoms with Gasteiger partial charge < -0.3 is 24.6 Å². The number of carbonyl (C=O) groups is 2. The van der Waals surface area contributed by atoms with Crippen molar-refractivity contribution < 1.29 is 28.9 Å². The largest absolute Gasteiger partial charge is 0.497 e. The van der Waals surface area contributed by atoms with Gasteiger partial charge in [-0.05, 0) is 52.4 Å². The van der Waals surface area contributed by atoms with Crippen LogP contribution in [0.15, 0.2) is 66.7 Å². The number of nitrogens with one attached hydrogen (secondary N) is 1. The van der Waals surface area contributed by atoms with E-state index in [4.69, 9.17) is 14.2 Å². The number of alkyl carbamates (subject to hydrolysis) is 1. The van der Waals surface area contributed by atoms with Gasteiger partial charge in [-0.3, -0.25) is 4.79 Å². The number of rotatable bonds is 9. The first kappa shape index (κ1) is 23.2. The van der Waals surface area contributed by atoms with E-state index < -0.39 is 18.0 Å². The molecular weight excluding hydrogens is 434 g/mol. The molecule has 34 heavy (non-hydrogen) atoms. The molecule has 1 aliphatic carbocycles. The predicted octanol–water partition coefficient (Wildman–Crippen LogP) is 4.49. The highest BCUT2D eigenvalue weighted by Gasteiger charge is 2.29. The molecule has 1 aliphatic rings. The van der Waals surface area contributed by atoms with E-state index in [9.17, 15) is 14.7 Å². The standard InChI is InChI=1S/C27H27NO6/c1-32-19-11-12-25(33-2)17(14-19)13-18(26(29)30)15-28-27(31)34-16-24-22-9-5-3-7-20(22)21-8-4-6-10-23(21)24/h3-12,14,18,24H,13,15-16H2,1-2H3,(H,28,31)(H,29,30). The summed E-state index contributed by atoms with van der Waals surface area (Å²) >= 11 is 0. The number of benzene rings is 3. The fourth-order valence-electron chi connectivity index (χ4n) is 4.41. The molecule has 176 valence electrons. The minimum Gasteiger partial charge on any atom is -0.497 e. The molecule has 1 amide bonds. The van der Waals surface area contributed by atoms with Crippen molar-refractivity contribution in [1.82, 2.24) is 5.32 Å². The van der Waals surface area contributed by atoms with Gasteiger partial charge in [-0.25, -0.2) is 4.79 Å². The van der Waals surface area contributed by atoms with E-state index in [0.29, 0.717) is 17.1 Å². The smallest absolute Gasteiger partial charge is 0.407 e. The molecule has 7 heteroatoms. The molecular formula is C27H27NO6. The molecule has 0 saturated carbocycles. The molecule has 0 aliphatic heterocycles. The second kappa shape index (κ2) is 10.3. The molecule has 0 fully saturated rings. The zero-order chi connectivity index (χ0) is 24.1. The van der Waals surface area contributed by atoms with Gasteiger partial charge in [0.05, 0.1) is 20.1 Å². The van der Waals surface area contributed by atoms with Crippen LogP contribution in [0.2, 0.25) is 0 Å². The van der Waals surface area contributed by atoms with E-state index in [2.05, 4.69) is 17.4 Å². The number of carboxylic acid groups (broad SMARTS) is 1. The first-order valence-corrected chi connectivity index (χ1v) is 11.0. The van der Waals surface area contributed by atoms with Crippen LogP contribution in [0.4, 0.5) is 4.79 Å². The number of hydrogen-bond donors (Lipinski definition) is 2. The number of aliphatic carboxylic acids is 1. The van der Waals surface area contributed by atoms with Gasteiger partial charge in [0.2, 0.25) is 0 Å². The average Bonchev–Trinajstić information content (AvgIpc) is 3.18. The van der Waals surface area contributed by atoms with Crippen LogP contribution in [-0.2, 0) is 16.0 Å². The maximum absolute atomic E-state index is 12.5. The first-order valence-electron chi connectivity index (χ1n) is 11.0. The van der Waals surface area contributed by atoms with Crippen molar-refractivity contribution in [2.24, 2.45) is 5.92 Å². The van der Waals surface area contributed by atoms with Gasteiger partial charge in [-0.2, -0.15) is 0 Å². The third-order valence-corrected chi connectivity index (χ3v) is 6.14. The lowest BCUT2D eigenvalue weighted by Crippen LogP contribution is -2.35. The number of hydrogen-bond acceptors (Lipinski definition) is 5. The third-order valence-electron chi connectivity index (χ3n) is 6.14. The van der Waals surface area contributed by atoms with E-state index >= 15 is 0 Å². The Hall–Kier alpha value is -4.00. The SMILES string of the molecule is COc1ccc(OC)c(CC(CNC(=O)OCC2c3ccccc3-c3ccccc32)C(=O)O)c1.